The van der Waals surface area contributed by atoms with E-state index in [0.29, 0.717) is 13.0 Å². The molecular weight excluding hydrogens is 202 g/mol. The van der Waals surface area contributed by atoms with Crippen molar-refractivity contribution in [3.63, 3.8) is 0 Å². The molecule has 1 aromatic carbocycles. The lowest BCUT2D eigenvalue weighted by Gasteiger charge is -2.16. The molecule has 1 aliphatic rings. The van der Waals surface area contributed by atoms with Gasteiger partial charge in [-0.2, -0.15) is 0 Å². The normalized spacial score (nSPS) is 19.9. The van der Waals surface area contributed by atoms with Crippen LogP contribution in [0.1, 0.15) is 12.0 Å². The zero-order valence-corrected chi connectivity index (χ0v) is 8.89. The minimum atomic E-state index is 0.0554. The predicted octanol–water partition coefficient (Wildman–Crippen LogP) is 1.01. The van der Waals surface area contributed by atoms with Gasteiger partial charge in [0.25, 0.3) is 0 Å². The van der Waals surface area contributed by atoms with E-state index in [-0.39, 0.29) is 18.4 Å². The van der Waals surface area contributed by atoms with Crippen molar-refractivity contribution in [3.05, 3.63) is 29.8 Å². The van der Waals surface area contributed by atoms with Crippen LogP contribution in [-0.2, 0) is 4.79 Å². The Morgan fingerprint density at radius 3 is 2.62 bits per heavy atom. The molecular formula is C13H13NO2. The summed E-state index contributed by atoms with van der Waals surface area (Å²) in [5.74, 6) is 2.65. The molecule has 2 rings (SSSR count). The van der Waals surface area contributed by atoms with Gasteiger partial charge in [-0.1, -0.05) is 5.92 Å². The number of amides is 1. The highest BCUT2D eigenvalue weighted by molar-refractivity contribution is 5.95. The zero-order chi connectivity index (χ0) is 11.5. The number of benzene rings is 1. The molecule has 1 aliphatic heterocycles. The lowest BCUT2D eigenvalue weighted by molar-refractivity contribution is -0.117. The van der Waals surface area contributed by atoms with E-state index in [1.807, 2.05) is 24.3 Å². The maximum atomic E-state index is 11.7. The second-order valence-electron chi connectivity index (χ2n) is 3.95. The van der Waals surface area contributed by atoms with Crippen LogP contribution >= 0.6 is 0 Å². The maximum absolute atomic E-state index is 11.7. The summed E-state index contributed by atoms with van der Waals surface area (Å²) in [5.41, 5.74) is 1.65. The molecule has 0 bridgehead atoms. The van der Waals surface area contributed by atoms with Gasteiger partial charge in [-0.05, 0) is 24.3 Å². The van der Waals surface area contributed by atoms with Gasteiger partial charge < -0.3 is 10.0 Å². The summed E-state index contributed by atoms with van der Waals surface area (Å²) >= 11 is 0. The van der Waals surface area contributed by atoms with Crippen LogP contribution in [0.15, 0.2) is 24.3 Å². The monoisotopic (exact) mass is 215 g/mol. The molecule has 1 aromatic rings. The first-order valence-electron chi connectivity index (χ1n) is 5.22. The molecule has 0 saturated carbocycles. The van der Waals surface area contributed by atoms with Crippen molar-refractivity contribution in [1.82, 2.24) is 0 Å². The third kappa shape index (κ3) is 1.93. The van der Waals surface area contributed by atoms with Crippen LogP contribution in [0.3, 0.4) is 0 Å². The average Bonchev–Trinajstić information content (AvgIpc) is 2.71. The minimum Gasteiger partial charge on any atom is -0.396 e. The fourth-order valence-electron chi connectivity index (χ4n) is 1.89. The van der Waals surface area contributed by atoms with E-state index in [0.717, 1.165) is 11.3 Å². The molecule has 1 fully saturated rings. The second-order valence-corrected chi connectivity index (χ2v) is 3.95. The largest absolute Gasteiger partial charge is 0.396 e. The van der Waals surface area contributed by atoms with Gasteiger partial charge in [-0.15, -0.1) is 6.42 Å². The summed E-state index contributed by atoms with van der Waals surface area (Å²) in [6.07, 6.45) is 5.68. The fourth-order valence-corrected chi connectivity index (χ4v) is 1.89. The van der Waals surface area contributed by atoms with Gasteiger partial charge in [0.05, 0.1) is 0 Å². The van der Waals surface area contributed by atoms with Gasteiger partial charge in [0.1, 0.15) is 0 Å². The SMILES string of the molecule is C#Cc1ccc(N2CC(CO)CC2=O)cc1. The quantitative estimate of drug-likeness (QED) is 0.748. The first-order valence-corrected chi connectivity index (χ1v) is 5.22. The fraction of sp³-hybridized carbons (Fsp3) is 0.308. The molecule has 1 heterocycles. The predicted molar refractivity (Wildman–Crippen MR) is 61.9 cm³/mol. The Bertz CT molecular complexity index is 430. The zero-order valence-electron chi connectivity index (χ0n) is 8.89. The van der Waals surface area contributed by atoms with Crippen LogP contribution in [0.2, 0.25) is 0 Å². The van der Waals surface area contributed by atoms with Crippen molar-refractivity contribution >= 4 is 11.6 Å². The second kappa shape index (κ2) is 4.38. The molecule has 0 aromatic heterocycles. The van der Waals surface area contributed by atoms with Crippen molar-refractivity contribution in [2.24, 2.45) is 5.92 Å². The Hall–Kier alpha value is -1.79. The molecule has 82 valence electrons. The van der Waals surface area contributed by atoms with Crippen LogP contribution in [0.25, 0.3) is 0 Å². The number of aliphatic hydroxyl groups excluding tert-OH is 1. The number of terminal acetylenes is 1. The lowest BCUT2D eigenvalue weighted by Crippen LogP contribution is -2.24. The van der Waals surface area contributed by atoms with Crippen molar-refractivity contribution in [2.45, 2.75) is 6.42 Å². The smallest absolute Gasteiger partial charge is 0.227 e. The summed E-state index contributed by atoms with van der Waals surface area (Å²) < 4.78 is 0. The van der Waals surface area contributed by atoms with Crippen LogP contribution < -0.4 is 4.90 Å². The van der Waals surface area contributed by atoms with Crippen LogP contribution in [0.5, 0.6) is 0 Å². The van der Waals surface area contributed by atoms with Gasteiger partial charge in [-0.25, -0.2) is 0 Å². The van der Waals surface area contributed by atoms with Gasteiger partial charge in [0.15, 0.2) is 0 Å². The van der Waals surface area contributed by atoms with Gasteiger partial charge in [0, 0.05) is 36.7 Å². The van der Waals surface area contributed by atoms with Crippen molar-refractivity contribution in [2.75, 3.05) is 18.1 Å². The summed E-state index contributed by atoms with van der Waals surface area (Å²) in [6, 6.07) is 7.31. The maximum Gasteiger partial charge on any atom is 0.227 e. The van der Waals surface area contributed by atoms with E-state index in [4.69, 9.17) is 11.5 Å². The number of hydrogen-bond donors (Lipinski definition) is 1. The highest BCUT2D eigenvalue weighted by Gasteiger charge is 2.29. The standard InChI is InChI=1S/C13H13NO2/c1-2-10-3-5-12(6-4-10)14-8-11(9-15)7-13(14)16/h1,3-6,11,15H,7-9H2. The third-order valence-electron chi connectivity index (χ3n) is 2.81. The Labute approximate surface area is 94.7 Å². The van der Waals surface area contributed by atoms with E-state index in [1.54, 1.807) is 4.90 Å². The molecule has 0 aliphatic carbocycles. The topological polar surface area (TPSA) is 40.5 Å². The van der Waals surface area contributed by atoms with Gasteiger partial charge >= 0.3 is 0 Å². The summed E-state index contributed by atoms with van der Waals surface area (Å²) in [4.78, 5) is 13.4. The average molecular weight is 215 g/mol. The number of aliphatic hydroxyl groups is 1. The van der Waals surface area contributed by atoms with Crippen LogP contribution in [0.4, 0.5) is 5.69 Å². The first kappa shape index (κ1) is 10.7. The van der Waals surface area contributed by atoms with Crippen molar-refractivity contribution in [1.29, 1.82) is 0 Å². The van der Waals surface area contributed by atoms with E-state index in [9.17, 15) is 4.79 Å². The van der Waals surface area contributed by atoms with Crippen molar-refractivity contribution in [3.8, 4) is 12.3 Å². The molecule has 1 amide bonds. The van der Waals surface area contributed by atoms with Gasteiger partial charge in [-0.3, -0.25) is 4.79 Å². The molecule has 1 atom stereocenters. The highest BCUT2D eigenvalue weighted by Crippen LogP contribution is 2.24. The summed E-state index contributed by atoms with van der Waals surface area (Å²) in [6.45, 7) is 0.648. The van der Waals surface area contributed by atoms with E-state index < -0.39 is 0 Å². The van der Waals surface area contributed by atoms with Crippen molar-refractivity contribution < 1.29 is 9.90 Å². The Morgan fingerprint density at radius 1 is 1.44 bits per heavy atom. The van der Waals surface area contributed by atoms with Gasteiger partial charge in [0.2, 0.25) is 5.91 Å². The molecule has 3 nitrogen and oxygen atoms in total. The highest BCUT2D eigenvalue weighted by atomic mass is 16.3. The Morgan fingerprint density at radius 2 is 2.12 bits per heavy atom. The summed E-state index contributed by atoms with van der Waals surface area (Å²) in [7, 11) is 0. The molecule has 1 saturated heterocycles. The third-order valence-corrected chi connectivity index (χ3v) is 2.81. The number of nitrogens with zero attached hydrogens (tertiary/aromatic N) is 1. The first-order chi connectivity index (χ1) is 7.74. The molecule has 3 heteroatoms. The summed E-state index contributed by atoms with van der Waals surface area (Å²) in [5, 5.41) is 9.03. The van der Waals surface area contributed by atoms with Crippen LogP contribution in [0, 0.1) is 18.3 Å². The van der Waals surface area contributed by atoms with E-state index in [1.165, 1.54) is 0 Å². The number of carbonyl (C=O) groups is 1. The molecule has 1 unspecified atom stereocenters. The van der Waals surface area contributed by atoms with E-state index in [2.05, 4.69) is 5.92 Å². The molecule has 1 N–H and O–H groups in total. The van der Waals surface area contributed by atoms with Crippen LogP contribution in [-0.4, -0.2) is 24.2 Å². The Kier molecular flexibility index (Phi) is 2.93. The minimum absolute atomic E-state index is 0.0554. The number of hydrogen-bond acceptors (Lipinski definition) is 2. The molecule has 0 radical (unpaired) electrons. The molecule has 0 spiro atoms. The lowest BCUT2D eigenvalue weighted by atomic mass is 10.1. The molecule has 16 heavy (non-hydrogen) atoms. The Balaban J connectivity index is 2.19. The number of anilines is 1. The van der Waals surface area contributed by atoms with E-state index >= 15 is 0 Å². The number of rotatable bonds is 2. The number of carbonyl (C=O) groups excluding carboxylic acids is 1.